The lowest BCUT2D eigenvalue weighted by molar-refractivity contribution is -0.159. The predicted molar refractivity (Wildman–Crippen MR) is 122 cm³/mol. The van der Waals surface area contributed by atoms with Gasteiger partial charge < -0.3 is 24.6 Å². The van der Waals surface area contributed by atoms with Crippen molar-refractivity contribution in [1.82, 2.24) is 9.80 Å². The lowest BCUT2D eigenvalue weighted by Crippen LogP contribution is -2.48. The van der Waals surface area contributed by atoms with Gasteiger partial charge in [0.25, 0.3) is 5.91 Å². The van der Waals surface area contributed by atoms with Crippen LogP contribution in [0.2, 0.25) is 5.02 Å². The monoisotopic (exact) mass is 478 g/mol. The molecule has 10 heteroatoms. The van der Waals surface area contributed by atoms with E-state index < -0.39 is 11.9 Å². The standard InChI is InChI=1S/C21H25ClN2O3.C2H2O4/c1-3-27-20-13-16(7-8-19(20)26-2)15-23-9-11-24(12-10-23)21(25)17-5-4-6-18(22)14-17;3-1(4)2(5)6/h4-8,13-14H,3,9-12,15H2,1-2H3;(H,3,4)(H,5,6). The highest BCUT2D eigenvalue weighted by Crippen LogP contribution is 2.28. The van der Waals surface area contributed by atoms with E-state index in [9.17, 15) is 4.79 Å². The van der Waals surface area contributed by atoms with Crippen LogP contribution in [0.5, 0.6) is 11.5 Å². The van der Waals surface area contributed by atoms with E-state index in [1.807, 2.05) is 36.1 Å². The topological polar surface area (TPSA) is 117 Å². The number of carbonyl (C=O) groups excluding carboxylic acids is 1. The summed E-state index contributed by atoms with van der Waals surface area (Å²) in [6.45, 7) is 6.47. The van der Waals surface area contributed by atoms with E-state index in [4.69, 9.17) is 40.9 Å². The first-order valence-corrected chi connectivity index (χ1v) is 10.7. The number of nitrogens with zero attached hydrogens (tertiary/aromatic N) is 2. The molecule has 1 saturated heterocycles. The molecule has 178 valence electrons. The SMILES string of the molecule is CCOc1cc(CN2CCN(C(=O)c3cccc(Cl)c3)CC2)ccc1OC.O=C(O)C(=O)O. The maximum atomic E-state index is 12.6. The van der Waals surface area contributed by atoms with Crippen molar-refractivity contribution in [2.45, 2.75) is 13.5 Å². The Balaban J connectivity index is 0.000000569. The van der Waals surface area contributed by atoms with Crippen molar-refractivity contribution in [3.8, 4) is 11.5 Å². The molecule has 0 aliphatic carbocycles. The Morgan fingerprint density at radius 1 is 0.970 bits per heavy atom. The molecule has 9 nitrogen and oxygen atoms in total. The van der Waals surface area contributed by atoms with E-state index in [2.05, 4.69) is 11.0 Å². The molecule has 2 aromatic rings. The molecule has 33 heavy (non-hydrogen) atoms. The third-order valence-corrected chi connectivity index (χ3v) is 5.08. The normalized spacial score (nSPS) is 13.5. The number of rotatable bonds is 6. The lowest BCUT2D eigenvalue weighted by atomic mass is 10.1. The second kappa shape index (κ2) is 12.7. The summed E-state index contributed by atoms with van der Waals surface area (Å²) in [6, 6.07) is 13.2. The Bertz CT molecular complexity index is 963. The van der Waals surface area contributed by atoms with Crippen LogP contribution in [0.4, 0.5) is 0 Å². The fraction of sp³-hybridized carbons (Fsp3) is 0.348. The quantitative estimate of drug-likeness (QED) is 0.609. The summed E-state index contributed by atoms with van der Waals surface area (Å²) in [5, 5.41) is 15.4. The van der Waals surface area contributed by atoms with Gasteiger partial charge in [-0.25, -0.2) is 9.59 Å². The van der Waals surface area contributed by atoms with Crippen molar-refractivity contribution in [3.63, 3.8) is 0 Å². The summed E-state index contributed by atoms with van der Waals surface area (Å²) in [4.78, 5) is 35.1. The summed E-state index contributed by atoms with van der Waals surface area (Å²) in [7, 11) is 1.65. The number of carboxylic acids is 2. The molecule has 0 aromatic heterocycles. The minimum absolute atomic E-state index is 0.0419. The van der Waals surface area contributed by atoms with E-state index >= 15 is 0 Å². The van der Waals surface area contributed by atoms with Crippen LogP contribution in [0.25, 0.3) is 0 Å². The number of hydrogen-bond donors (Lipinski definition) is 2. The summed E-state index contributed by atoms with van der Waals surface area (Å²) in [5.74, 6) is -2.09. The van der Waals surface area contributed by atoms with Gasteiger partial charge in [-0.3, -0.25) is 9.69 Å². The third-order valence-electron chi connectivity index (χ3n) is 4.85. The van der Waals surface area contributed by atoms with E-state index in [0.29, 0.717) is 30.3 Å². The van der Waals surface area contributed by atoms with Crippen LogP contribution in [0.15, 0.2) is 42.5 Å². The van der Waals surface area contributed by atoms with Gasteiger partial charge in [-0.15, -0.1) is 0 Å². The van der Waals surface area contributed by atoms with Gasteiger partial charge >= 0.3 is 11.9 Å². The zero-order chi connectivity index (χ0) is 24.4. The van der Waals surface area contributed by atoms with E-state index in [1.54, 1.807) is 19.2 Å². The van der Waals surface area contributed by atoms with E-state index in [-0.39, 0.29) is 5.91 Å². The number of aliphatic carboxylic acids is 2. The summed E-state index contributed by atoms with van der Waals surface area (Å²) in [5.41, 5.74) is 1.82. The molecule has 1 amide bonds. The van der Waals surface area contributed by atoms with Crippen LogP contribution in [0.1, 0.15) is 22.8 Å². The maximum absolute atomic E-state index is 12.6. The molecule has 2 N–H and O–H groups in total. The number of carboxylic acid groups (broad SMARTS) is 2. The molecule has 0 bridgehead atoms. The molecule has 1 fully saturated rings. The number of amides is 1. The lowest BCUT2D eigenvalue weighted by Gasteiger charge is -2.35. The number of methoxy groups -OCH3 is 1. The molecule has 0 saturated carbocycles. The highest BCUT2D eigenvalue weighted by molar-refractivity contribution is 6.31. The van der Waals surface area contributed by atoms with E-state index in [1.165, 1.54) is 5.56 Å². The predicted octanol–water partition coefficient (Wildman–Crippen LogP) is 2.86. The highest BCUT2D eigenvalue weighted by atomic mass is 35.5. The minimum Gasteiger partial charge on any atom is -0.493 e. The maximum Gasteiger partial charge on any atom is 0.414 e. The molecule has 0 unspecified atom stereocenters. The summed E-state index contributed by atoms with van der Waals surface area (Å²) >= 11 is 6.00. The Morgan fingerprint density at radius 3 is 2.18 bits per heavy atom. The average Bonchev–Trinajstić information content (AvgIpc) is 2.80. The number of halogens is 1. The molecule has 0 spiro atoms. The van der Waals surface area contributed by atoms with Crippen LogP contribution in [0.3, 0.4) is 0 Å². The van der Waals surface area contributed by atoms with Gasteiger partial charge in [0.2, 0.25) is 0 Å². The smallest absolute Gasteiger partial charge is 0.414 e. The van der Waals surface area contributed by atoms with Gasteiger partial charge in [0, 0.05) is 43.3 Å². The number of piperazine rings is 1. The van der Waals surface area contributed by atoms with Gasteiger partial charge in [0.15, 0.2) is 11.5 Å². The van der Waals surface area contributed by atoms with Crippen LogP contribution in [0, 0.1) is 0 Å². The number of carbonyl (C=O) groups is 3. The largest absolute Gasteiger partial charge is 0.493 e. The van der Waals surface area contributed by atoms with Gasteiger partial charge in [-0.1, -0.05) is 23.7 Å². The Labute approximate surface area is 197 Å². The molecule has 0 radical (unpaired) electrons. The molecule has 2 aromatic carbocycles. The average molecular weight is 479 g/mol. The van der Waals surface area contributed by atoms with Crippen molar-refractivity contribution in [2.24, 2.45) is 0 Å². The molecular formula is C23H27ClN2O7. The van der Waals surface area contributed by atoms with Crippen molar-refractivity contribution < 1.29 is 34.1 Å². The molecular weight excluding hydrogens is 452 g/mol. The fourth-order valence-electron chi connectivity index (χ4n) is 3.26. The summed E-state index contributed by atoms with van der Waals surface area (Å²) in [6.07, 6.45) is 0. The molecule has 0 atom stereocenters. The van der Waals surface area contributed by atoms with Crippen molar-refractivity contribution in [2.75, 3.05) is 39.9 Å². The second-order valence-corrected chi connectivity index (χ2v) is 7.54. The van der Waals surface area contributed by atoms with Gasteiger partial charge in [0.05, 0.1) is 13.7 Å². The first-order chi connectivity index (χ1) is 15.7. The third kappa shape index (κ3) is 7.96. The fourth-order valence-corrected chi connectivity index (χ4v) is 3.45. The van der Waals surface area contributed by atoms with Gasteiger partial charge in [-0.05, 0) is 42.8 Å². The Kier molecular flexibility index (Phi) is 9.96. The zero-order valence-corrected chi connectivity index (χ0v) is 19.2. The molecule has 1 heterocycles. The molecule has 1 aliphatic rings. The minimum atomic E-state index is -1.82. The zero-order valence-electron chi connectivity index (χ0n) is 18.5. The number of hydrogen-bond acceptors (Lipinski definition) is 6. The van der Waals surface area contributed by atoms with Crippen LogP contribution in [-0.2, 0) is 16.1 Å². The van der Waals surface area contributed by atoms with Crippen LogP contribution in [-0.4, -0.2) is 77.8 Å². The second-order valence-electron chi connectivity index (χ2n) is 7.11. The summed E-state index contributed by atoms with van der Waals surface area (Å²) < 4.78 is 11.0. The molecule has 1 aliphatic heterocycles. The Hall–Kier alpha value is -3.30. The Morgan fingerprint density at radius 2 is 1.64 bits per heavy atom. The molecule has 3 rings (SSSR count). The highest BCUT2D eigenvalue weighted by Gasteiger charge is 2.22. The number of benzene rings is 2. The van der Waals surface area contributed by atoms with Crippen molar-refractivity contribution in [3.05, 3.63) is 58.6 Å². The van der Waals surface area contributed by atoms with Gasteiger partial charge in [-0.2, -0.15) is 0 Å². The first kappa shape index (κ1) is 26.0. The van der Waals surface area contributed by atoms with Gasteiger partial charge in [0.1, 0.15) is 0 Å². The van der Waals surface area contributed by atoms with Crippen molar-refractivity contribution >= 4 is 29.4 Å². The van der Waals surface area contributed by atoms with E-state index in [0.717, 1.165) is 31.1 Å². The first-order valence-electron chi connectivity index (χ1n) is 10.3. The number of ether oxygens (including phenoxy) is 2. The van der Waals surface area contributed by atoms with Crippen molar-refractivity contribution in [1.29, 1.82) is 0 Å². The van der Waals surface area contributed by atoms with Crippen LogP contribution >= 0.6 is 11.6 Å². The van der Waals surface area contributed by atoms with Crippen LogP contribution < -0.4 is 9.47 Å².